The van der Waals surface area contributed by atoms with E-state index in [4.69, 9.17) is 27.9 Å². The third kappa shape index (κ3) is 4.59. The number of amides is 2. The van der Waals surface area contributed by atoms with Crippen LogP contribution in [-0.2, 0) is 9.53 Å². The average molecular weight is 403 g/mol. The first-order valence-corrected chi connectivity index (χ1v) is 8.68. The highest BCUT2D eigenvalue weighted by molar-refractivity contribution is 6.35. The monoisotopic (exact) mass is 402 g/mol. The van der Waals surface area contributed by atoms with Gasteiger partial charge in [0.2, 0.25) is 0 Å². The Hall–Kier alpha value is -1.99. The summed E-state index contributed by atoms with van der Waals surface area (Å²) in [5.74, 6) is -1.69. The Bertz CT molecular complexity index is 747. The maximum Gasteiger partial charge on any atom is 0.408 e. The van der Waals surface area contributed by atoms with Crippen LogP contribution in [0.2, 0.25) is 10.0 Å². The second kappa shape index (κ2) is 7.32. The molecular weight excluding hydrogens is 383 g/mol. The first-order chi connectivity index (χ1) is 11.9. The summed E-state index contributed by atoms with van der Waals surface area (Å²) < 4.78 is 5.13. The van der Waals surface area contributed by atoms with E-state index in [9.17, 15) is 19.5 Å². The van der Waals surface area contributed by atoms with Gasteiger partial charge in [0, 0.05) is 18.0 Å². The number of aliphatic carboxylic acids is 1. The minimum atomic E-state index is -1.62. The van der Waals surface area contributed by atoms with Gasteiger partial charge in [0.1, 0.15) is 5.60 Å². The zero-order chi connectivity index (χ0) is 19.7. The van der Waals surface area contributed by atoms with Crippen LogP contribution >= 0.6 is 23.2 Å². The molecule has 0 radical (unpaired) electrons. The van der Waals surface area contributed by atoms with E-state index in [1.807, 2.05) is 0 Å². The summed E-state index contributed by atoms with van der Waals surface area (Å²) >= 11 is 12.0. The van der Waals surface area contributed by atoms with Gasteiger partial charge in [-0.2, -0.15) is 0 Å². The Labute approximate surface area is 161 Å². The smallest absolute Gasteiger partial charge is 0.408 e. The average Bonchev–Trinajstić information content (AvgIpc) is 2.92. The number of carboxylic acid groups (broad SMARTS) is 1. The van der Waals surface area contributed by atoms with Crippen LogP contribution < -0.4 is 5.32 Å². The fraction of sp³-hybridized carbons (Fsp3) is 0.471. The van der Waals surface area contributed by atoms with Gasteiger partial charge >= 0.3 is 12.1 Å². The maximum atomic E-state index is 12.7. The summed E-state index contributed by atoms with van der Waals surface area (Å²) in [5.41, 5.74) is -2.22. The lowest BCUT2D eigenvalue weighted by Crippen LogP contribution is -2.57. The molecule has 142 valence electrons. The number of carbonyl (C=O) groups excluding carboxylic acids is 2. The van der Waals surface area contributed by atoms with Crippen LogP contribution in [0, 0.1) is 0 Å². The fourth-order valence-electron chi connectivity index (χ4n) is 2.64. The van der Waals surface area contributed by atoms with Crippen molar-refractivity contribution < 1.29 is 24.2 Å². The van der Waals surface area contributed by atoms with Gasteiger partial charge in [-0.1, -0.05) is 23.2 Å². The number of hydrogen-bond acceptors (Lipinski definition) is 4. The van der Waals surface area contributed by atoms with E-state index in [2.05, 4.69) is 5.32 Å². The minimum absolute atomic E-state index is 0.0471. The molecule has 1 saturated heterocycles. The van der Waals surface area contributed by atoms with E-state index in [0.29, 0.717) is 5.02 Å². The van der Waals surface area contributed by atoms with E-state index >= 15 is 0 Å². The molecule has 1 aliphatic heterocycles. The molecule has 0 aromatic heterocycles. The highest BCUT2D eigenvalue weighted by Crippen LogP contribution is 2.28. The standard InChI is InChI=1S/C17H20Cl2N2O5/c1-16(2,3)26-15(25)20-17(14(23)24)6-7-21(9-17)13(22)11-8-10(18)4-5-12(11)19/h4-5,8H,6-7,9H2,1-3H3,(H,20,25)(H,23,24). The molecule has 0 saturated carbocycles. The maximum absolute atomic E-state index is 12.7. The van der Waals surface area contributed by atoms with Crippen LogP contribution in [0.25, 0.3) is 0 Å². The van der Waals surface area contributed by atoms with Crippen molar-refractivity contribution >= 4 is 41.2 Å². The third-order valence-electron chi connectivity index (χ3n) is 3.86. The molecular formula is C17H20Cl2N2O5. The van der Waals surface area contributed by atoms with E-state index < -0.39 is 29.1 Å². The number of ether oxygens (including phenoxy) is 1. The van der Waals surface area contributed by atoms with Crippen molar-refractivity contribution in [1.29, 1.82) is 0 Å². The van der Waals surface area contributed by atoms with Gasteiger partial charge in [-0.05, 0) is 39.0 Å². The summed E-state index contributed by atoms with van der Waals surface area (Å²) in [4.78, 5) is 37.8. The number of nitrogens with one attached hydrogen (secondary N) is 1. The van der Waals surface area contributed by atoms with Crippen molar-refractivity contribution in [2.24, 2.45) is 0 Å². The summed E-state index contributed by atoms with van der Waals surface area (Å²) in [6, 6.07) is 4.47. The predicted molar refractivity (Wildman–Crippen MR) is 96.7 cm³/mol. The molecule has 1 aliphatic rings. The Kier molecular flexibility index (Phi) is 5.73. The van der Waals surface area contributed by atoms with Gasteiger partial charge in [-0.3, -0.25) is 4.79 Å². The molecule has 1 unspecified atom stereocenters. The number of benzene rings is 1. The normalized spacial score (nSPS) is 20.0. The quantitative estimate of drug-likeness (QED) is 0.808. The topological polar surface area (TPSA) is 95.9 Å². The lowest BCUT2D eigenvalue weighted by Gasteiger charge is -2.28. The van der Waals surface area contributed by atoms with Crippen molar-refractivity contribution in [1.82, 2.24) is 10.2 Å². The van der Waals surface area contributed by atoms with Gasteiger partial charge in [0.05, 0.1) is 17.1 Å². The second-order valence-electron chi connectivity index (χ2n) is 7.12. The summed E-state index contributed by atoms with van der Waals surface area (Å²) in [6.45, 7) is 4.95. The van der Waals surface area contributed by atoms with E-state index in [1.165, 1.54) is 17.0 Å². The Morgan fingerprint density at radius 1 is 1.27 bits per heavy atom. The summed E-state index contributed by atoms with van der Waals surface area (Å²) in [7, 11) is 0. The Morgan fingerprint density at radius 2 is 1.92 bits per heavy atom. The lowest BCUT2D eigenvalue weighted by molar-refractivity contribution is -0.144. The van der Waals surface area contributed by atoms with Crippen molar-refractivity contribution in [3.05, 3.63) is 33.8 Å². The van der Waals surface area contributed by atoms with Crippen LogP contribution in [0.3, 0.4) is 0 Å². The summed E-state index contributed by atoms with van der Waals surface area (Å²) in [6.07, 6.45) is -0.805. The molecule has 1 atom stereocenters. The van der Waals surface area contributed by atoms with Crippen LogP contribution in [0.1, 0.15) is 37.6 Å². The number of nitrogens with zero attached hydrogens (tertiary/aromatic N) is 1. The predicted octanol–water partition coefficient (Wildman–Crippen LogP) is 3.19. The van der Waals surface area contributed by atoms with Gasteiger partial charge < -0.3 is 20.1 Å². The number of carboxylic acids is 1. The first kappa shape index (κ1) is 20.3. The van der Waals surface area contributed by atoms with Gasteiger partial charge in [-0.15, -0.1) is 0 Å². The molecule has 0 spiro atoms. The number of alkyl carbamates (subject to hydrolysis) is 1. The number of hydrogen-bond donors (Lipinski definition) is 2. The van der Waals surface area contributed by atoms with Crippen molar-refractivity contribution in [3.8, 4) is 0 Å². The Balaban J connectivity index is 2.19. The molecule has 7 nitrogen and oxygen atoms in total. The molecule has 1 aromatic rings. The zero-order valence-electron chi connectivity index (χ0n) is 14.6. The highest BCUT2D eigenvalue weighted by atomic mass is 35.5. The molecule has 2 rings (SSSR count). The van der Waals surface area contributed by atoms with E-state index in [0.717, 1.165) is 0 Å². The largest absolute Gasteiger partial charge is 0.479 e. The van der Waals surface area contributed by atoms with Gasteiger partial charge in [0.15, 0.2) is 5.54 Å². The molecule has 26 heavy (non-hydrogen) atoms. The van der Waals surface area contributed by atoms with E-state index in [-0.39, 0.29) is 30.1 Å². The first-order valence-electron chi connectivity index (χ1n) is 7.92. The van der Waals surface area contributed by atoms with Crippen molar-refractivity contribution in [2.75, 3.05) is 13.1 Å². The van der Waals surface area contributed by atoms with Crippen LogP contribution in [0.4, 0.5) is 4.79 Å². The SMILES string of the molecule is CC(C)(C)OC(=O)NC1(C(=O)O)CCN(C(=O)c2cc(Cl)ccc2Cl)C1. The molecule has 0 bridgehead atoms. The van der Waals surface area contributed by atoms with Crippen molar-refractivity contribution in [2.45, 2.75) is 38.3 Å². The molecule has 1 heterocycles. The molecule has 9 heteroatoms. The van der Waals surface area contributed by atoms with Crippen LogP contribution in [0.5, 0.6) is 0 Å². The Morgan fingerprint density at radius 3 is 2.50 bits per heavy atom. The number of carbonyl (C=O) groups is 3. The number of halogens is 2. The van der Waals surface area contributed by atoms with E-state index in [1.54, 1.807) is 26.8 Å². The zero-order valence-corrected chi connectivity index (χ0v) is 16.1. The third-order valence-corrected chi connectivity index (χ3v) is 4.43. The van der Waals surface area contributed by atoms with Gasteiger partial charge in [-0.25, -0.2) is 9.59 Å². The van der Waals surface area contributed by atoms with Gasteiger partial charge in [0.25, 0.3) is 5.91 Å². The number of rotatable bonds is 3. The fourth-order valence-corrected chi connectivity index (χ4v) is 3.01. The van der Waals surface area contributed by atoms with Crippen LogP contribution in [0.15, 0.2) is 18.2 Å². The highest BCUT2D eigenvalue weighted by Gasteiger charge is 2.48. The molecule has 1 fully saturated rings. The number of likely N-dealkylation sites (tertiary alicyclic amines) is 1. The lowest BCUT2D eigenvalue weighted by atomic mass is 9.99. The molecule has 2 N–H and O–H groups in total. The summed E-state index contributed by atoms with van der Waals surface area (Å²) in [5, 5.41) is 12.6. The molecule has 2 amide bonds. The van der Waals surface area contributed by atoms with Crippen LogP contribution in [-0.4, -0.2) is 52.2 Å². The second-order valence-corrected chi connectivity index (χ2v) is 7.96. The molecule has 1 aromatic carbocycles. The molecule has 0 aliphatic carbocycles. The van der Waals surface area contributed by atoms with Crippen molar-refractivity contribution in [3.63, 3.8) is 0 Å². The minimum Gasteiger partial charge on any atom is -0.479 e.